The van der Waals surface area contributed by atoms with Crippen LogP contribution in [0, 0.1) is 0 Å². The Balaban J connectivity index is 1.47. The average molecular weight is 419 g/mol. The summed E-state index contributed by atoms with van der Waals surface area (Å²) in [5, 5.41) is 2.94. The SMILES string of the molecule is C[Si]1(C)c2ccccc2N(c2ccc(-c3nc4ccccc4o3)cc2)c2ccccc21. The van der Waals surface area contributed by atoms with Crippen LogP contribution in [0.5, 0.6) is 0 Å². The van der Waals surface area contributed by atoms with Gasteiger partial charge in [0.15, 0.2) is 5.58 Å². The number of aromatic nitrogens is 1. The van der Waals surface area contributed by atoms with Crippen LogP contribution in [0.1, 0.15) is 0 Å². The summed E-state index contributed by atoms with van der Waals surface area (Å²) in [6.07, 6.45) is 0. The molecule has 0 saturated carbocycles. The van der Waals surface area contributed by atoms with Gasteiger partial charge in [0.2, 0.25) is 5.89 Å². The molecule has 0 fully saturated rings. The maximum Gasteiger partial charge on any atom is 0.227 e. The first-order valence-electron chi connectivity index (χ1n) is 10.6. The zero-order valence-corrected chi connectivity index (χ0v) is 18.5. The zero-order chi connectivity index (χ0) is 21.0. The number of benzene rings is 4. The van der Waals surface area contributed by atoms with Crippen LogP contribution in [0.2, 0.25) is 13.1 Å². The third-order valence-corrected chi connectivity index (χ3v) is 9.84. The summed E-state index contributed by atoms with van der Waals surface area (Å²) in [5.74, 6) is 0.653. The minimum Gasteiger partial charge on any atom is -0.436 e. The van der Waals surface area contributed by atoms with Crippen molar-refractivity contribution in [2.75, 3.05) is 4.90 Å². The molecule has 5 aromatic rings. The Hall–Kier alpha value is -3.63. The van der Waals surface area contributed by atoms with Crippen LogP contribution < -0.4 is 15.3 Å². The highest BCUT2D eigenvalue weighted by molar-refractivity contribution is 7.02. The van der Waals surface area contributed by atoms with E-state index in [-0.39, 0.29) is 0 Å². The molecule has 4 heteroatoms. The largest absolute Gasteiger partial charge is 0.436 e. The Labute approximate surface area is 182 Å². The Morgan fingerprint density at radius 3 is 1.90 bits per heavy atom. The smallest absolute Gasteiger partial charge is 0.227 e. The lowest BCUT2D eigenvalue weighted by Gasteiger charge is -2.41. The highest BCUT2D eigenvalue weighted by Crippen LogP contribution is 2.38. The summed E-state index contributed by atoms with van der Waals surface area (Å²) in [4.78, 5) is 7.03. The molecule has 0 amide bonds. The molecule has 0 atom stereocenters. The van der Waals surface area contributed by atoms with Gasteiger partial charge in [-0.25, -0.2) is 4.98 Å². The standard InChI is InChI=1S/C27H22N2OSi/c1-31(2)25-13-7-4-10-22(25)29(23-11-5-8-14-26(23)31)20-17-15-19(16-18-20)27-28-21-9-3-6-12-24(21)30-27/h3-18H,1-2H3. The quantitative estimate of drug-likeness (QED) is 0.324. The number of nitrogens with zero attached hydrogens (tertiary/aromatic N) is 2. The van der Waals surface area contributed by atoms with Gasteiger partial charge >= 0.3 is 0 Å². The molecule has 0 bridgehead atoms. The number of hydrogen-bond acceptors (Lipinski definition) is 3. The van der Waals surface area contributed by atoms with Crippen LogP contribution >= 0.6 is 0 Å². The molecule has 0 spiro atoms. The van der Waals surface area contributed by atoms with Gasteiger partial charge in [-0.3, -0.25) is 0 Å². The maximum atomic E-state index is 5.96. The fourth-order valence-electron chi connectivity index (χ4n) is 4.70. The molecule has 2 heterocycles. The van der Waals surface area contributed by atoms with Gasteiger partial charge in [0.1, 0.15) is 13.6 Å². The molecule has 150 valence electrons. The van der Waals surface area contributed by atoms with Gasteiger partial charge < -0.3 is 9.32 Å². The third kappa shape index (κ3) is 2.76. The predicted molar refractivity (Wildman–Crippen MR) is 131 cm³/mol. The Bertz CT molecular complexity index is 1340. The van der Waals surface area contributed by atoms with E-state index >= 15 is 0 Å². The fraction of sp³-hybridized carbons (Fsp3) is 0.0741. The number of hydrogen-bond donors (Lipinski definition) is 0. The summed E-state index contributed by atoms with van der Waals surface area (Å²) < 4.78 is 5.96. The van der Waals surface area contributed by atoms with E-state index in [4.69, 9.17) is 4.42 Å². The van der Waals surface area contributed by atoms with Crippen molar-refractivity contribution in [2.24, 2.45) is 0 Å². The van der Waals surface area contributed by atoms with E-state index in [9.17, 15) is 0 Å². The molecule has 0 aliphatic carbocycles. The van der Waals surface area contributed by atoms with Gasteiger partial charge in [-0.1, -0.05) is 61.6 Å². The first kappa shape index (κ1) is 18.2. The van der Waals surface area contributed by atoms with Crippen molar-refractivity contribution in [1.82, 2.24) is 4.98 Å². The van der Waals surface area contributed by atoms with Gasteiger partial charge in [0, 0.05) is 22.6 Å². The second-order valence-corrected chi connectivity index (χ2v) is 12.9. The van der Waals surface area contributed by atoms with E-state index in [0.717, 1.165) is 22.4 Å². The van der Waals surface area contributed by atoms with E-state index in [1.54, 1.807) is 0 Å². The number of oxazole rings is 1. The molecule has 3 nitrogen and oxygen atoms in total. The van der Waals surface area contributed by atoms with Crippen LogP contribution in [-0.2, 0) is 0 Å². The highest BCUT2D eigenvalue weighted by atomic mass is 28.3. The van der Waals surface area contributed by atoms with E-state index in [2.05, 4.69) is 95.8 Å². The van der Waals surface area contributed by atoms with E-state index in [1.807, 2.05) is 24.3 Å². The molecule has 1 aromatic heterocycles. The summed E-state index contributed by atoms with van der Waals surface area (Å²) in [5.41, 5.74) is 6.39. The number of rotatable bonds is 2. The molecule has 0 radical (unpaired) electrons. The van der Waals surface area contributed by atoms with Gasteiger partial charge in [0.05, 0.1) is 0 Å². The Morgan fingerprint density at radius 1 is 0.677 bits per heavy atom. The summed E-state index contributed by atoms with van der Waals surface area (Å²) in [6.45, 7) is 4.89. The lowest BCUT2D eigenvalue weighted by molar-refractivity contribution is 0.620. The van der Waals surface area contributed by atoms with Crippen LogP contribution in [-0.4, -0.2) is 13.1 Å². The van der Waals surface area contributed by atoms with Gasteiger partial charge in [-0.2, -0.15) is 0 Å². The van der Waals surface area contributed by atoms with Crippen molar-refractivity contribution in [1.29, 1.82) is 0 Å². The van der Waals surface area contributed by atoms with E-state index < -0.39 is 8.07 Å². The summed E-state index contributed by atoms with van der Waals surface area (Å²) in [6, 6.07) is 34.1. The average Bonchev–Trinajstić information content (AvgIpc) is 3.24. The molecule has 6 rings (SSSR count). The Morgan fingerprint density at radius 2 is 1.26 bits per heavy atom. The lowest BCUT2D eigenvalue weighted by atomic mass is 10.1. The molecule has 0 unspecified atom stereocenters. The first-order chi connectivity index (χ1) is 15.1. The zero-order valence-electron chi connectivity index (χ0n) is 17.5. The van der Waals surface area contributed by atoms with Crippen LogP contribution in [0.25, 0.3) is 22.6 Å². The lowest BCUT2D eigenvalue weighted by Crippen LogP contribution is -2.58. The van der Waals surface area contributed by atoms with Gasteiger partial charge in [-0.15, -0.1) is 0 Å². The van der Waals surface area contributed by atoms with Crippen LogP contribution in [0.4, 0.5) is 17.1 Å². The van der Waals surface area contributed by atoms with Crippen molar-refractivity contribution < 1.29 is 4.42 Å². The van der Waals surface area contributed by atoms with Crippen molar-refractivity contribution in [3.63, 3.8) is 0 Å². The monoisotopic (exact) mass is 418 g/mol. The Kier molecular flexibility index (Phi) is 3.92. The van der Waals surface area contributed by atoms with Gasteiger partial charge in [-0.05, 0) is 58.9 Å². The minimum absolute atomic E-state index is 0.653. The first-order valence-corrected chi connectivity index (χ1v) is 13.6. The molecule has 1 aliphatic rings. The molecule has 0 saturated heterocycles. The molecule has 4 aromatic carbocycles. The van der Waals surface area contributed by atoms with E-state index in [0.29, 0.717) is 5.89 Å². The second kappa shape index (κ2) is 6.69. The van der Waals surface area contributed by atoms with Gasteiger partial charge in [0.25, 0.3) is 0 Å². The molecule has 31 heavy (non-hydrogen) atoms. The molecular weight excluding hydrogens is 396 g/mol. The fourth-order valence-corrected chi connectivity index (χ4v) is 7.68. The topological polar surface area (TPSA) is 29.3 Å². The third-order valence-electron chi connectivity index (χ3n) is 6.30. The van der Waals surface area contributed by atoms with Crippen molar-refractivity contribution in [3.8, 4) is 11.5 Å². The highest BCUT2D eigenvalue weighted by Gasteiger charge is 2.38. The molecule has 0 N–H and O–H groups in total. The minimum atomic E-state index is -1.76. The number of para-hydroxylation sites is 4. The van der Waals surface area contributed by atoms with Crippen molar-refractivity contribution >= 4 is 46.6 Å². The second-order valence-electron chi connectivity index (χ2n) is 8.53. The van der Waals surface area contributed by atoms with Crippen LogP contribution in [0.3, 0.4) is 0 Å². The predicted octanol–water partition coefficient (Wildman–Crippen LogP) is 6.10. The summed E-state index contributed by atoms with van der Waals surface area (Å²) in [7, 11) is -1.76. The summed E-state index contributed by atoms with van der Waals surface area (Å²) >= 11 is 0. The molecule has 1 aliphatic heterocycles. The maximum absolute atomic E-state index is 5.96. The number of anilines is 3. The van der Waals surface area contributed by atoms with Crippen LogP contribution in [0.15, 0.2) is 101 Å². The number of fused-ring (bicyclic) bond motifs is 3. The van der Waals surface area contributed by atoms with Crippen molar-refractivity contribution in [2.45, 2.75) is 13.1 Å². The molecular formula is C27H22N2OSi. The van der Waals surface area contributed by atoms with Crippen molar-refractivity contribution in [3.05, 3.63) is 97.1 Å². The normalized spacial score (nSPS) is 14.3. The van der Waals surface area contributed by atoms with E-state index in [1.165, 1.54) is 21.7 Å².